The average Bonchev–Trinajstić information content (AvgIpc) is 1.37. The van der Waals surface area contributed by atoms with E-state index in [0.29, 0.717) is 11.9 Å². The van der Waals surface area contributed by atoms with Gasteiger partial charge in [0.1, 0.15) is 5.40 Å². The Morgan fingerprint density at radius 1 is 1.80 bits per heavy atom. The first-order valence-electron chi connectivity index (χ1n) is 0.663. The van der Waals surface area contributed by atoms with Gasteiger partial charge in [-0.25, -0.2) is 0 Å². The third-order valence-electron chi connectivity index (χ3n) is 0.0527. The minimum absolute atomic E-state index is 0. The van der Waals surface area contributed by atoms with Crippen LogP contribution in [-0.2, 0) is 17.1 Å². The summed E-state index contributed by atoms with van der Waals surface area (Å²) >= 11 is 0.662. The number of nitrogens with two attached hydrogens (primary N) is 1. The Hall–Kier alpha value is 0.319. The van der Waals surface area contributed by atoms with Crippen LogP contribution in [0.25, 0.3) is 0 Å². The largest absolute Gasteiger partial charge is 0.265 e. The molecule has 0 unspecified atom stereocenters. The van der Waals surface area contributed by atoms with Crippen LogP contribution in [-0.4, -0.2) is 0 Å². The third kappa shape index (κ3) is 13.3. The summed E-state index contributed by atoms with van der Waals surface area (Å²) in [6.45, 7) is 0. The third-order valence-corrected chi connectivity index (χ3v) is 0.158. The quantitative estimate of drug-likeness (QED) is 0.292. The Kier molecular flexibility index (Phi) is 15.9. The molecule has 0 rings (SSSR count). The molecule has 33 valence electrons. The predicted octanol–water partition coefficient (Wildman–Crippen LogP) is 0.0719. The predicted molar refractivity (Wildman–Crippen MR) is 17.4 cm³/mol. The number of nitriles is 1. The maximum Gasteiger partial charge on any atom is 0.149 e. The van der Waals surface area contributed by atoms with E-state index < -0.39 is 0 Å². The van der Waals surface area contributed by atoms with Crippen molar-refractivity contribution in [1.29, 1.82) is 5.26 Å². The Morgan fingerprint density at radius 2 is 2.00 bits per heavy atom. The van der Waals surface area contributed by atoms with Crippen LogP contribution in [0.2, 0.25) is 0 Å². The average molecular weight is 138 g/mol. The summed E-state index contributed by atoms with van der Waals surface area (Å²) < 4.78 is 0. The van der Waals surface area contributed by atoms with Gasteiger partial charge in [0.25, 0.3) is 0 Å². The standard InChI is InChI=1S/CH2N2S.Cu/c2-1-4-3;/h3H2;. The topological polar surface area (TPSA) is 49.8 Å². The summed E-state index contributed by atoms with van der Waals surface area (Å²) in [6.07, 6.45) is 0. The molecule has 0 saturated carbocycles. The number of nitrogens with zero attached hydrogens (tertiary/aromatic N) is 1. The van der Waals surface area contributed by atoms with Crippen molar-refractivity contribution < 1.29 is 17.1 Å². The zero-order valence-corrected chi connectivity index (χ0v) is 3.99. The fourth-order valence-electron chi connectivity index (χ4n) is 0. The normalized spacial score (nSPS) is 4.00. The van der Waals surface area contributed by atoms with Gasteiger partial charge in [-0.2, -0.15) is 5.26 Å². The van der Waals surface area contributed by atoms with Crippen LogP contribution in [0.3, 0.4) is 0 Å². The van der Waals surface area contributed by atoms with E-state index in [-0.39, 0.29) is 17.1 Å². The molecule has 0 fully saturated rings. The van der Waals surface area contributed by atoms with E-state index >= 15 is 0 Å². The fraction of sp³-hybridized carbons (Fsp3) is 0. The Labute approximate surface area is 45.3 Å². The van der Waals surface area contributed by atoms with Crippen molar-refractivity contribution in [2.45, 2.75) is 0 Å². The van der Waals surface area contributed by atoms with Gasteiger partial charge in [0.15, 0.2) is 0 Å². The summed E-state index contributed by atoms with van der Waals surface area (Å²) in [6, 6.07) is 0. The zero-order valence-electron chi connectivity index (χ0n) is 2.23. The zero-order chi connectivity index (χ0) is 3.41. The second-order valence-electron chi connectivity index (χ2n) is 0.209. The van der Waals surface area contributed by atoms with Crippen LogP contribution < -0.4 is 5.14 Å². The van der Waals surface area contributed by atoms with Gasteiger partial charge in [-0.15, -0.1) is 0 Å². The maximum atomic E-state index is 7.46. The van der Waals surface area contributed by atoms with E-state index in [1.165, 1.54) is 0 Å². The molecule has 1 radical (unpaired) electrons. The van der Waals surface area contributed by atoms with Crippen molar-refractivity contribution in [2.24, 2.45) is 5.14 Å². The minimum atomic E-state index is 0. The summed E-state index contributed by atoms with van der Waals surface area (Å²) in [5, 5.41) is 13.7. The minimum Gasteiger partial charge on any atom is -0.265 e. The molecule has 0 amide bonds. The second kappa shape index (κ2) is 8.85. The molecule has 0 heterocycles. The van der Waals surface area contributed by atoms with Gasteiger partial charge in [-0.1, -0.05) is 0 Å². The molecule has 5 heavy (non-hydrogen) atoms. The molecule has 0 aliphatic carbocycles. The molecular formula is CH2CuN2S. The van der Waals surface area contributed by atoms with Crippen LogP contribution in [0.4, 0.5) is 0 Å². The van der Waals surface area contributed by atoms with Crippen LogP contribution in [0.15, 0.2) is 0 Å². The Bertz CT molecular complexity index is 39.4. The van der Waals surface area contributed by atoms with Crippen molar-refractivity contribution in [3.63, 3.8) is 0 Å². The van der Waals surface area contributed by atoms with Gasteiger partial charge in [-0.05, 0) is 0 Å². The molecule has 2 N–H and O–H groups in total. The van der Waals surface area contributed by atoms with E-state index in [0.717, 1.165) is 0 Å². The van der Waals surface area contributed by atoms with Crippen molar-refractivity contribution >= 4 is 11.9 Å². The monoisotopic (exact) mass is 137 g/mol. The van der Waals surface area contributed by atoms with Crippen LogP contribution in [0.5, 0.6) is 0 Å². The summed E-state index contributed by atoms with van der Waals surface area (Å²) in [5.41, 5.74) is 0. The van der Waals surface area contributed by atoms with E-state index in [1.807, 2.05) is 0 Å². The van der Waals surface area contributed by atoms with E-state index in [4.69, 9.17) is 5.26 Å². The molecule has 0 aromatic carbocycles. The Morgan fingerprint density at radius 3 is 2.00 bits per heavy atom. The van der Waals surface area contributed by atoms with Gasteiger partial charge < -0.3 is 0 Å². The molecular weight excluding hydrogens is 136 g/mol. The number of rotatable bonds is 0. The fourth-order valence-corrected chi connectivity index (χ4v) is 0. The summed E-state index contributed by atoms with van der Waals surface area (Å²) in [5.74, 6) is 0. The van der Waals surface area contributed by atoms with Gasteiger partial charge in [-0.3, -0.25) is 5.14 Å². The van der Waals surface area contributed by atoms with Crippen molar-refractivity contribution in [2.75, 3.05) is 0 Å². The molecule has 0 aromatic heterocycles. The van der Waals surface area contributed by atoms with Crippen molar-refractivity contribution in [3.8, 4) is 5.40 Å². The summed E-state index contributed by atoms with van der Waals surface area (Å²) in [4.78, 5) is 0. The first kappa shape index (κ1) is 9.01. The maximum absolute atomic E-state index is 7.46. The molecule has 0 aliphatic rings. The molecule has 0 atom stereocenters. The van der Waals surface area contributed by atoms with Crippen LogP contribution in [0.1, 0.15) is 0 Å². The molecule has 0 bridgehead atoms. The van der Waals surface area contributed by atoms with Crippen LogP contribution in [0, 0.1) is 10.7 Å². The van der Waals surface area contributed by atoms with Gasteiger partial charge in [0.05, 0.1) is 0 Å². The molecule has 4 heteroatoms. The molecule has 2 nitrogen and oxygen atoms in total. The smallest absolute Gasteiger partial charge is 0.149 e. The van der Waals surface area contributed by atoms with Gasteiger partial charge in [0, 0.05) is 29.0 Å². The SMILES string of the molecule is N#CSN.[Cu]. The van der Waals surface area contributed by atoms with Crippen molar-refractivity contribution in [3.05, 3.63) is 0 Å². The van der Waals surface area contributed by atoms with Gasteiger partial charge >= 0.3 is 0 Å². The van der Waals surface area contributed by atoms with E-state index in [1.54, 1.807) is 5.40 Å². The van der Waals surface area contributed by atoms with Crippen molar-refractivity contribution in [1.82, 2.24) is 0 Å². The number of thiocyanates is 1. The Balaban J connectivity index is 0. The molecule has 0 saturated heterocycles. The van der Waals surface area contributed by atoms with E-state index in [9.17, 15) is 0 Å². The van der Waals surface area contributed by atoms with Crippen LogP contribution >= 0.6 is 11.9 Å². The summed E-state index contributed by atoms with van der Waals surface area (Å²) in [7, 11) is 0. The number of hydrogen-bond acceptors (Lipinski definition) is 3. The second-order valence-corrected chi connectivity index (χ2v) is 0.627. The molecule has 0 aliphatic heterocycles. The first-order chi connectivity index (χ1) is 1.91. The molecule has 0 spiro atoms. The first-order valence-corrected chi connectivity index (χ1v) is 1.54. The van der Waals surface area contributed by atoms with Gasteiger partial charge in [0.2, 0.25) is 0 Å². The van der Waals surface area contributed by atoms with E-state index in [2.05, 4.69) is 5.14 Å². The molecule has 0 aromatic rings. The number of hydrogen-bond donors (Lipinski definition) is 1.